The van der Waals surface area contributed by atoms with Gasteiger partial charge in [-0.2, -0.15) is 0 Å². The van der Waals surface area contributed by atoms with Gasteiger partial charge in [0, 0.05) is 41.4 Å². The van der Waals surface area contributed by atoms with Crippen molar-refractivity contribution in [1.29, 1.82) is 0 Å². The van der Waals surface area contributed by atoms with Gasteiger partial charge in [-0.3, -0.25) is 4.79 Å². The normalized spacial score (nSPS) is 13.2. The number of hydrogen-bond donors (Lipinski definition) is 2. The Kier molecular flexibility index (Phi) is 6.20. The Labute approximate surface area is 223 Å². The van der Waals surface area contributed by atoms with E-state index in [2.05, 4.69) is 94.7 Å². The van der Waals surface area contributed by atoms with Gasteiger partial charge in [0.05, 0.1) is 6.04 Å². The first-order valence-corrected chi connectivity index (χ1v) is 13.3. The third-order valence-electron chi connectivity index (χ3n) is 7.83. The van der Waals surface area contributed by atoms with E-state index in [0.717, 1.165) is 41.8 Å². The van der Waals surface area contributed by atoms with Gasteiger partial charge in [-0.15, -0.1) is 0 Å². The molecule has 3 heterocycles. The Balaban J connectivity index is 1.22. The summed E-state index contributed by atoms with van der Waals surface area (Å²) in [7, 11) is 0. The highest BCUT2D eigenvalue weighted by molar-refractivity contribution is 5.99. The number of rotatable bonds is 6. The number of nitrogens with one attached hydrogen (secondary N) is 2. The first kappa shape index (κ1) is 24.0. The van der Waals surface area contributed by atoms with Gasteiger partial charge >= 0.3 is 0 Å². The number of aryl methyl sites for hydroxylation is 1. The molecule has 190 valence electrons. The number of amides is 1. The Morgan fingerprint density at radius 3 is 2.55 bits per heavy atom. The Morgan fingerprint density at radius 2 is 1.76 bits per heavy atom. The van der Waals surface area contributed by atoms with Gasteiger partial charge in [0.1, 0.15) is 5.82 Å². The molecule has 38 heavy (non-hydrogen) atoms. The average Bonchev–Trinajstić information content (AvgIpc) is 3.52. The largest absolute Gasteiger partial charge is 0.370 e. The van der Waals surface area contributed by atoms with Gasteiger partial charge in [-0.25, -0.2) is 4.98 Å². The fraction of sp³-hybridized carbons (Fsp3) is 0.212. The van der Waals surface area contributed by atoms with E-state index in [9.17, 15) is 4.79 Å². The lowest BCUT2D eigenvalue weighted by atomic mass is 10.0. The van der Waals surface area contributed by atoms with Gasteiger partial charge in [-0.05, 0) is 84.8 Å². The molecule has 2 N–H and O–H groups in total. The van der Waals surface area contributed by atoms with Gasteiger partial charge in [0.2, 0.25) is 0 Å². The summed E-state index contributed by atoms with van der Waals surface area (Å²) in [6.07, 6.45) is 2.82. The van der Waals surface area contributed by atoms with Crippen LogP contribution in [-0.4, -0.2) is 22.0 Å². The van der Waals surface area contributed by atoms with Crippen molar-refractivity contribution < 1.29 is 4.79 Å². The molecule has 2 aromatic heterocycles. The molecule has 1 aliphatic rings. The number of anilines is 1. The standard InChI is InChI=1S/C33H32N4O/c1-21-23(3)37(20-24-9-11-26(12-10-24)25-7-5-4-6-8-25)31-14-13-28(18-30(21)31)33(38)36-22(2)29-17-27-15-16-34-32(27)35-19-29/h4-14,17-19,22H,15-16,20H2,1-3H3,(H,34,35)(H,36,38)/t22-/m0/s1. The van der Waals surface area contributed by atoms with E-state index in [-0.39, 0.29) is 11.9 Å². The van der Waals surface area contributed by atoms with Crippen molar-refractivity contribution in [2.45, 2.75) is 39.8 Å². The SMILES string of the molecule is Cc1c(C)n(Cc2ccc(-c3ccccc3)cc2)c2ccc(C(=O)N[C@@H](C)c3cnc4c(c3)CCN4)cc12. The number of hydrogen-bond acceptors (Lipinski definition) is 3. The number of carbonyl (C=O) groups is 1. The predicted molar refractivity (Wildman–Crippen MR) is 155 cm³/mol. The molecule has 0 bridgehead atoms. The van der Waals surface area contributed by atoms with Crippen LogP contribution in [-0.2, 0) is 13.0 Å². The molecule has 0 aliphatic carbocycles. The summed E-state index contributed by atoms with van der Waals surface area (Å²) in [6.45, 7) is 8.02. The zero-order valence-electron chi connectivity index (χ0n) is 22.1. The molecule has 6 rings (SSSR count). The highest BCUT2D eigenvalue weighted by Gasteiger charge is 2.18. The van der Waals surface area contributed by atoms with E-state index in [1.807, 2.05) is 31.3 Å². The maximum atomic E-state index is 13.2. The van der Waals surface area contributed by atoms with E-state index in [1.165, 1.54) is 33.5 Å². The van der Waals surface area contributed by atoms with Crippen LogP contribution in [0.4, 0.5) is 5.82 Å². The molecule has 0 saturated carbocycles. The highest BCUT2D eigenvalue weighted by Crippen LogP contribution is 2.29. The first-order valence-electron chi connectivity index (χ1n) is 13.3. The minimum Gasteiger partial charge on any atom is -0.370 e. The minimum atomic E-state index is -0.122. The van der Waals surface area contributed by atoms with Gasteiger partial charge in [-0.1, -0.05) is 54.6 Å². The van der Waals surface area contributed by atoms with Crippen LogP contribution >= 0.6 is 0 Å². The second-order valence-electron chi connectivity index (χ2n) is 10.2. The van der Waals surface area contributed by atoms with E-state index in [0.29, 0.717) is 5.56 Å². The average molecular weight is 501 g/mol. The summed E-state index contributed by atoms with van der Waals surface area (Å²) in [6, 6.07) is 27.3. The molecule has 1 amide bonds. The molecule has 0 spiro atoms. The van der Waals surface area contributed by atoms with Crippen LogP contribution in [0, 0.1) is 13.8 Å². The van der Waals surface area contributed by atoms with Gasteiger partial charge in [0.25, 0.3) is 5.91 Å². The third-order valence-corrected chi connectivity index (χ3v) is 7.83. The topological polar surface area (TPSA) is 59.0 Å². The number of benzene rings is 3. The fourth-order valence-electron chi connectivity index (χ4n) is 5.40. The molecular formula is C33H32N4O. The molecule has 1 aliphatic heterocycles. The molecular weight excluding hydrogens is 468 g/mol. The molecule has 1 atom stereocenters. The van der Waals surface area contributed by atoms with Crippen molar-refractivity contribution in [2.24, 2.45) is 0 Å². The summed E-state index contributed by atoms with van der Waals surface area (Å²) in [4.78, 5) is 17.7. The first-order chi connectivity index (χ1) is 18.5. The fourth-order valence-corrected chi connectivity index (χ4v) is 5.40. The lowest BCUT2D eigenvalue weighted by molar-refractivity contribution is 0.0940. The number of fused-ring (bicyclic) bond motifs is 2. The monoisotopic (exact) mass is 500 g/mol. The number of carbonyl (C=O) groups excluding carboxylic acids is 1. The lowest BCUT2D eigenvalue weighted by Gasteiger charge is -2.15. The highest BCUT2D eigenvalue weighted by atomic mass is 16.1. The van der Waals surface area contributed by atoms with Crippen LogP contribution in [0.2, 0.25) is 0 Å². The van der Waals surface area contributed by atoms with Crippen molar-refractivity contribution >= 4 is 22.6 Å². The third kappa shape index (κ3) is 4.45. The zero-order chi connectivity index (χ0) is 26.2. The van der Waals surface area contributed by atoms with Crippen molar-refractivity contribution in [2.75, 3.05) is 11.9 Å². The van der Waals surface area contributed by atoms with E-state index >= 15 is 0 Å². The van der Waals surface area contributed by atoms with Crippen molar-refractivity contribution in [3.05, 3.63) is 119 Å². The maximum absolute atomic E-state index is 13.2. The molecule has 3 aromatic carbocycles. The van der Waals surface area contributed by atoms with Crippen LogP contribution in [0.3, 0.4) is 0 Å². The lowest BCUT2D eigenvalue weighted by Crippen LogP contribution is -2.26. The summed E-state index contributed by atoms with van der Waals surface area (Å²) in [5, 5.41) is 7.57. The summed E-state index contributed by atoms with van der Waals surface area (Å²) >= 11 is 0. The van der Waals surface area contributed by atoms with Gasteiger partial charge in [0.15, 0.2) is 0 Å². The van der Waals surface area contributed by atoms with Crippen LogP contribution in [0.15, 0.2) is 85.1 Å². The summed E-state index contributed by atoms with van der Waals surface area (Å²) < 4.78 is 2.34. The Bertz CT molecular complexity index is 1630. The molecule has 5 heteroatoms. The second-order valence-corrected chi connectivity index (χ2v) is 10.2. The van der Waals surface area contributed by atoms with Crippen LogP contribution in [0.1, 0.15) is 51.3 Å². The number of pyridine rings is 1. The van der Waals surface area contributed by atoms with Crippen molar-refractivity contribution in [3.8, 4) is 11.1 Å². The zero-order valence-corrected chi connectivity index (χ0v) is 22.1. The quantitative estimate of drug-likeness (QED) is 0.269. The maximum Gasteiger partial charge on any atom is 0.251 e. The number of nitrogens with zero attached hydrogens (tertiary/aromatic N) is 2. The van der Waals surface area contributed by atoms with Crippen molar-refractivity contribution in [1.82, 2.24) is 14.9 Å². The smallest absolute Gasteiger partial charge is 0.251 e. The van der Waals surface area contributed by atoms with E-state index in [1.54, 1.807) is 0 Å². The molecule has 5 aromatic rings. The summed E-state index contributed by atoms with van der Waals surface area (Å²) in [5.41, 5.74) is 10.2. The van der Waals surface area contributed by atoms with Crippen molar-refractivity contribution in [3.63, 3.8) is 0 Å². The van der Waals surface area contributed by atoms with Crippen LogP contribution in [0.5, 0.6) is 0 Å². The second kappa shape index (κ2) is 9.82. The van der Waals surface area contributed by atoms with Crippen LogP contribution < -0.4 is 10.6 Å². The molecule has 5 nitrogen and oxygen atoms in total. The van der Waals surface area contributed by atoms with Gasteiger partial charge < -0.3 is 15.2 Å². The summed E-state index contributed by atoms with van der Waals surface area (Å²) in [5.74, 6) is 0.888. The molecule has 0 radical (unpaired) electrons. The predicted octanol–water partition coefficient (Wildman–Crippen LogP) is 6.83. The van der Waals surface area contributed by atoms with E-state index in [4.69, 9.17) is 0 Å². The molecule has 0 saturated heterocycles. The Morgan fingerprint density at radius 1 is 1.00 bits per heavy atom. The minimum absolute atomic E-state index is 0.0701. The van der Waals surface area contributed by atoms with E-state index < -0.39 is 0 Å². The molecule has 0 unspecified atom stereocenters. The number of aromatic nitrogens is 2. The Hall–Kier alpha value is -4.38. The van der Waals surface area contributed by atoms with Crippen LogP contribution in [0.25, 0.3) is 22.0 Å². The molecule has 0 fully saturated rings.